The monoisotopic (exact) mass is 467 g/mol. The van der Waals surface area contributed by atoms with Crippen LogP contribution in [0.2, 0.25) is 0 Å². The molecule has 4 aromatic rings. The molecule has 2 aromatic carbocycles. The molecular weight excluding hydrogens is 444 g/mol. The molecule has 2 aromatic heterocycles. The number of nitrogens with zero attached hydrogens (tertiary/aromatic N) is 3. The third kappa shape index (κ3) is 4.71. The number of fused-ring (bicyclic) bond motifs is 1. The standard InChI is InChI=1S/C25H23F2N3O4/c1-32-24(31)18-4-2-3-16(11-18)19-13-23-28-10-9-20(30(23)29-19)17-7-8-21(34-25(26)27)22(12-17)33-14-15-5-6-15/h2-4,7-13,15,24-25,31H,5-6,14H2,1H3. The summed E-state index contributed by atoms with van der Waals surface area (Å²) in [5, 5.41) is 14.7. The Morgan fingerprint density at radius 1 is 1.06 bits per heavy atom. The average molecular weight is 467 g/mol. The van der Waals surface area contributed by atoms with Crippen LogP contribution in [0, 0.1) is 5.92 Å². The fraction of sp³-hybridized carbons (Fsp3) is 0.280. The number of ether oxygens (including phenoxy) is 3. The molecule has 1 aliphatic carbocycles. The molecule has 176 valence electrons. The molecule has 0 aliphatic heterocycles. The van der Waals surface area contributed by atoms with Gasteiger partial charge in [0.25, 0.3) is 0 Å². The summed E-state index contributed by atoms with van der Waals surface area (Å²) < 4.78 is 42.9. The molecule has 5 rings (SSSR count). The summed E-state index contributed by atoms with van der Waals surface area (Å²) in [6.07, 6.45) is 2.78. The van der Waals surface area contributed by atoms with Crippen molar-refractivity contribution >= 4 is 5.65 Å². The summed E-state index contributed by atoms with van der Waals surface area (Å²) in [6.45, 7) is -2.48. The van der Waals surface area contributed by atoms with Crippen molar-refractivity contribution in [2.24, 2.45) is 5.92 Å². The van der Waals surface area contributed by atoms with E-state index in [0.29, 0.717) is 35.1 Å². The van der Waals surface area contributed by atoms with Gasteiger partial charge in [-0.05, 0) is 49.1 Å². The minimum absolute atomic E-state index is 0.000583. The van der Waals surface area contributed by atoms with Crippen molar-refractivity contribution in [3.05, 3.63) is 66.4 Å². The quantitative estimate of drug-likeness (QED) is 0.346. The summed E-state index contributed by atoms with van der Waals surface area (Å²) in [6, 6.07) is 15.8. The zero-order valence-electron chi connectivity index (χ0n) is 18.4. The van der Waals surface area contributed by atoms with Crippen LogP contribution >= 0.6 is 0 Å². The zero-order valence-corrected chi connectivity index (χ0v) is 18.4. The van der Waals surface area contributed by atoms with E-state index in [1.807, 2.05) is 18.2 Å². The lowest BCUT2D eigenvalue weighted by Crippen LogP contribution is -2.06. The van der Waals surface area contributed by atoms with Crippen molar-refractivity contribution < 1.29 is 28.1 Å². The van der Waals surface area contributed by atoms with Gasteiger partial charge in [-0.15, -0.1) is 0 Å². The van der Waals surface area contributed by atoms with Gasteiger partial charge in [0.1, 0.15) is 0 Å². The van der Waals surface area contributed by atoms with E-state index in [4.69, 9.17) is 14.6 Å². The first-order valence-electron chi connectivity index (χ1n) is 10.9. The number of hydrogen-bond acceptors (Lipinski definition) is 6. The van der Waals surface area contributed by atoms with Gasteiger partial charge in [0.05, 0.1) is 18.0 Å². The normalized spacial score (nSPS) is 14.5. The molecule has 1 unspecified atom stereocenters. The van der Waals surface area contributed by atoms with Crippen molar-refractivity contribution in [2.45, 2.75) is 25.7 Å². The van der Waals surface area contributed by atoms with Crippen LogP contribution in [-0.4, -0.2) is 40.0 Å². The highest BCUT2D eigenvalue weighted by atomic mass is 19.3. The zero-order chi connectivity index (χ0) is 23.7. The summed E-state index contributed by atoms with van der Waals surface area (Å²) in [7, 11) is 1.43. The number of methoxy groups -OCH3 is 1. The Morgan fingerprint density at radius 2 is 1.91 bits per heavy atom. The van der Waals surface area contributed by atoms with E-state index in [9.17, 15) is 13.9 Å². The van der Waals surface area contributed by atoms with Crippen LogP contribution in [0.15, 0.2) is 60.8 Å². The van der Waals surface area contributed by atoms with Crippen molar-refractivity contribution in [1.82, 2.24) is 14.6 Å². The predicted octanol–water partition coefficient (Wildman–Crippen LogP) is 5.09. The molecule has 1 atom stereocenters. The summed E-state index contributed by atoms with van der Waals surface area (Å²) in [4.78, 5) is 4.41. The number of alkyl halides is 2. The average Bonchev–Trinajstić information content (AvgIpc) is 3.57. The van der Waals surface area contributed by atoms with Crippen molar-refractivity contribution in [1.29, 1.82) is 0 Å². The molecule has 0 amide bonds. The fourth-order valence-electron chi connectivity index (χ4n) is 3.71. The lowest BCUT2D eigenvalue weighted by atomic mass is 10.1. The van der Waals surface area contributed by atoms with Crippen molar-refractivity contribution in [3.63, 3.8) is 0 Å². The molecule has 0 saturated heterocycles. The fourth-order valence-corrected chi connectivity index (χ4v) is 3.71. The number of aliphatic hydroxyl groups is 1. The molecule has 9 heteroatoms. The molecule has 1 saturated carbocycles. The Morgan fingerprint density at radius 3 is 2.68 bits per heavy atom. The molecule has 34 heavy (non-hydrogen) atoms. The molecule has 2 heterocycles. The van der Waals surface area contributed by atoms with Gasteiger partial charge in [0, 0.05) is 36.1 Å². The van der Waals surface area contributed by atoms with E-state index < -0.39 is 12.9 Å². The van der Waals surface area contributed by atoms with Gasteiger partial charge in [-0.25, -0.2) is 9.50 Å². The highest BCUT2D eigenvalue weighted by molar-refractivity contribution is 5.70. The maximum atomic E-state index is 12.9. The minimum atomic E-state index is -2.94. The van der Waals surface area contributed by atoms with Crippen LogP contribution in [0.5, 0.6) is 11.5 Å². The Kier molecular flexibility index (Phi) is 6.12. The molecule has 1 aliphatic rings. The van der Waals surface area contributed by atoms with Gasteiger partial charge in [-0.1, -0.05) is 18.2 Å². The third-order valence-electron chi connectivity index (χ3n) is 5.68. The van der Waals surface area contributed by atoms with Crippen LogP contribution in [0.1, 0.15) is 24.7 Å². The molecule has 1 N–H and O–H groups in total. The first-order valence-corrected chi connectivity index (χ1v) is 10.9. The van der Waals surface area contributed by atoms with E-state index in [0.717, 1.165) is 24.0 Å². The lowest BCUT2D eigenvalue weighted by molar-refractivity contribution is -0.0769. The van der Waals surface area contributed by atoms with Crippen LogP contribution in [0.25, 0.3) is 28.2 Å². The van der Waals surface area contributed by atoms with Gasteiger partial charge >= 0.3 is 6.61 Å². The highest BCUT2D eigenvalue weighted by Crippen LogP contribution is 2.36. The van der Waals surface area contributed by atoms with E-state index in [1.54, 1.807) is 41.0 Å². The maximum Gasteiger partial charge on any atom is 0.387 e. The van der Waals surface area contributed by atoms with Crippen LogP contribution in [-0.2, 0) is 4.74 Å². The second-order valence-electron chi connectivity index (χ2n) is 8.14. The number of halogens is 2. The predicted molar refractivity (Wildman–Crippen MR) is 121 cm³/mol. The smallest absolute Gasteiger partial charge is 0.387 e. The molecule has 0 bridgehead atoms. The number of hydrogen-bond donors (Lipinski definition) is 1. The molecule has 0 spiro atoms. The van der Waals surface area contributed by atoms with Crippen molar-refractivity contribution in [2.75, 3.05) is 13.7 Å². The molecule has 1 fully saturated rings. The Labute approximate surface area is 194 Å². The van der Waals surface area contributed by atoms with Gasteiger partial charge in [0.2, 0.25) is 0 Å². The Balaban J connectivity index is 1.53. The van der Waals surface area contributed by atoms with Gasteiger partial charge < -0.3 is 19.3 Å². The van der Waals surface area contributed by atoms with Crippen LogP contribution < -0.4 is 9.47 Å². The van der Waals surface area contributed by atoms with Gasteiger partial charge in [-0.3, -0.25) is 0 Å². The highest BCUT2D eigenvalue weighted by Gasteiger charge is 2.23. The van der Waals surface area contributed by atoms with Crippen LogP contribution in [0.3, 0.4) is 0 Å². The summed E-state index contributed by atoms with van der Waals surface area (Å²) in [5.41, 5.74) is 4.10. The topological polar surface area (TPSA) is 78.1 Å². The third-order valence-corrected chi connectivity index (χ3v) is 5.68. The molecule has 0 radical (unpaired) electrons. The number of aromatic nitrogens is 3. The van der Waals surface area contributed by atoms with E-state index in [2.05, 4.69) is 9.72 Å². The second kappa shape index (κ2) is 9.36. The first-order chi connectivity index (χ1) is 16.5. The largest absolute Gasteiger partial charge is 0.489 e. The minimum Gasteiger partial charge on any atom is -0.489 e. The van der Waals surface area contributed by atoms with Gasteiger partial charge in [-0.2, -0.15) is 13.9 Å². The molecule has 7 nitrogen and oxygen atoms in total. The number of rotatable bonds is 9. The Bertz CT molecular complexity index is 1310. The number of benzene rings is 2. The van der Waals surface area contributed by atoms with E-state index >= 15 is 0 Å². The lowest BCUT2D eigenvalue weighted by Gasteiger charge is -2.14. The number of aliphatic hydroxyl groups excluding tert-OH is 1. The first kappa shape index (κ1) is 22.2. The van der Waals surface area contributed by atoms with Gasteiger partial charge in [0.15, 0.2) is 23.4 Å². The second-order valence-corrected chi connectivity index (χ2v) is 8.14. The maximum absolute atomic E-state index is 12.9. The van der Waals surface area contributed by atoms with Crippen LogP contribution in [0.4, 0.5) is 8.78 Å². The SMILES string of the molecule is COC(O)c1cccc(-c2cc3nccc(-c4ccc(OC(F)F)c(OCC5CC5)c4)n3n2)c1. The summed E-state index contributed by atoms with van der Waals surface area (Å²) in [5.74, 6) is 0.722. The Hall–Kier alpha value is -3.56. The summed E-state index contributed by atoms with van der Waals surface area (Å²) >= 11 is 0. The van der Waals surface area contributed by atoms with E-state index in [-0.39, 0.29) is 11.5 Å². The molecular formula is C25H23F2N3O4. The van der Waals surface area contributed by atoms with E-state index in [1.165, 1.54) is 13.2 Å². The van der Waals surface area contributed by atoms with Crippen molar-refractivity contribution in [3.8, 4) is 34.0 Å².